The summed E-state index contributed by atoms with van der Waals surface area (Å²) in [5, 5.41) is 4.43. The van der Waals surface area contributed by atoms with Gasteiger partial charge in [-0.15, -0.1) is 0 Å². The molecule has 0 atom stereocenters. The molecule has 0 heterocycles. The first kappa shape index (κ1) is 15.5. The highest BCUT2D eigenvalue weighted by Crippen LogP contribution is 2.34. The first-order valence-corrected chi connectivity index (χ1v) is 7.75. The van der Waals surface area contributed by atoms with Gasteiger partial charge in [0.25, 0.3) is 0 Å². The number of rotatable bonds is 5. The Morgan fingerprint density at radius 2 is 1.85 bits per heavy atom. The summed E-state index contributed by atoms with van der Waals surface area (Å²) in [5.74, 6) is 0.861. The van der Waals surface area contributed by atoms with E-state index >= 15 is 0 Å². The molecule has 0 spiro atoms. The molecule has 2 nitrogen and oxygen atoms in total. The van der Waals surface area contributed by atoms with Crippen LogP contribution in [0.4, 0.5) is 5.69 Å². The predicted octanol–water partition coefficient (Wildman–Crippen LogP) is 5.77. The molecule has 2 rings (SSSR count). The van der Waals surface area contributed by atoms with Crippen LogP contribution in [-0.4, -0.2) is 6.61 Å². The maximum atomic E-state index is 6.18. The van der Waals surface area contributed by atoms with Crippen LogP contribution in [0.5, 0.6) is 5.75 Å². The predicted molar refractivity (Wildman–Crippen MR) is 89.1 cm³/mol. The van der Waals surface area contributed by atoms with Gasteiger partial charge in [-0.2, -0.15) is 0 Å². The molecule has 0 amide bonds. The Morgan fingerprint density at radius 3 is 2.50 bits per heavy atom. The minimum atomic E-state index is 0.588. The number of hydrogen-bond acceptors (Lipinski definition) is 2. The van der Waals surface area contributed by atoms with Crippen molar-refractivity contribution in [3.05, 3.63) is 56.5 Å². The minimum absolute atomic E-state index is 0.588. The second kappa shape index (κ2) is 7.21. The molecule has 0 saturated carbocycles. The number of halogens is 3. The van der Waals surface area contributed by atoms with Crippen LogP contribution in [0.15, 0.2) is 40.9 Å². The maximum absolute atomic E-state index is 6.18. The summed E-state index contributed by atoms with van der Waals surface area (Å²) in [6.45, 7) is 3.25. The first-order valence-electron chi connectivity index (χ1n) is 6.20. The molecule has 5 heteroatoms. The van der Waals surface area contributed by atoms with Crippen LogP contribution in [0.1, 0.15) is 12.5 Å². The van der Waals surface area contributed by atoms with Gasteiger partial charge >= 0.3 is 0 Å². The van der Waals surface area contributed by atoms with E-state index in [4.69, 9.17) is 27.9 Å². The zero-order valence-corrected chi connectivity index (χ0v) is 14.0. The van der Waals surface area contributed by atoms with Crippen molar-refractivity contribution in [1.82, 2.24) is 0 Å². The quantitative estimate of drug-likeness (QED) is 0.717. The first-order chi connectivity index (χ1) is 9.60. The van der Waals surface area contributed by atoms with Crippen molar-refractivity contribution in [1.29, 1.82) is 0 Å². The third-order valence-electron chi connectivity index (χ3n) is 2.69. The molecule has 0 bridgehead atoms. The second-order valence-corrected chi connectivity index (χ2v) is 5.91. The normalized spacial score (nSPS) is 10.4. The highest BCUT2D eigenvalue weighted by Gasteiger charge is 2.07. The largest absolute Gasteiger partial charge is 0.494 e. The molecule has 0 aliphatic rings. The molecule has 0 fully saturated rings. The lowest BCUT2D eigenvalue weighted by Gasteiger charge is -2.12. The maximum Gasteiger partial charge on any atom is 0.119 e. The Morgan fingerprint density at radius 1 is 1.15 bits per heavy atom. The zero-order chi connectivity index (χ0) is 14.5. The summed E-state index contributed by atoms with van der Waals surface area (Å²) in [6, 6.07) is 11.5. The third kappa shape index (κ3) is 4.05. The number of anilines is 1. The van der Waals surface area contributed by atoms with Crippen LogP contribution < -0.4 is 10.1 Å². The molecule has 0 unspecified atom stereocenters. The van der Waals surface area contributed by atoms with E-state index in [-0.39, 0.29) is 0 Å². The van der Waals surface area contributed by atoms with E-state index in [1.54, 1.807) is 0 Å². The average Bonchev–Trinajstić information content (AvgIpc) is 2.38. The summed E-state index contributed by atoms with van der Waals surface area (Å²) < 4.78 is 6.33. The lowest BCUT2D eigenvalue weighted by Crippen LogP contribution is -2.01. The lowest BCUT2D eigenvalue weighted by molar-refractivity contribution is 0.340. The summed E-state index contributed by atoms with van der Waals surface area (Å²) in [5.41, 5.74) is 1.84. The topological polar surface area (TPSA) is 21.3 Å². The fourth-order valence-corrected chi connectivity index (χ4v) is 3.16. The number of nitrogens with one attached hydrogen (secondary N) is 1. The van der Waals surface area contributed by atoms with Crippen molar-refractivity contribution in [3.63, 3.8) is 0 Å². The van der Waals surface area contributed by atoms with Crippen molar-refractivity contribution in [2.24, 2.45) is 0 Å². The minimum Gasteiger partial charge on any atom is -0.494 e. The van der Waals surface area contributed by atoms with E-state index in [0.717, 1.165) is 21.5 Å². The van der Waals surface area contributed by atoms with Crippen molar-refractivity contribution in [2.45, 2.75) is 13.5 Å². The lowest BCUT2D eigenvalue weighted by atomic mass is 10.2. The molecule has 1 N–H and O–H groups in total. The van der Waals surface area contributed by atoms with E-state index in [9.17, 15) is 0 Å². The Balaban J connectivity index is 2.11. The molecule has 2 aromatic rings. The van der Waals surface area contributed by atoms with E-state index < -0.39 is 0 Å². The Labute approximate surface area is 137 Å². The van der Waals surface area contributed by atoms with Crippen LogP contribution >= 0.6 is 39.1 Å². The smallest absolute Gasteiger partial charge is 0.119 e. The van der Waals surface area contributed by atoms with Crippen molar-refractivity contribution >= 4 is 44.8 Å². The highest BCUT2D eigenvalue weighted by atomic mass is 79.9. The van der Waals surface area contributed by atoms with E-state index in [0.29, 0.717) is 23.2 Å². The molecular weight excluding hydrogens is 361 g/mol. The van der Waals surface area contributed by atoms with Crippen LogP contribution in [0.25, 0.3) is 0 Å². The Hall–Kier alpha value is -0.900. The number of hydrogen-bond donors (Lipinski definition) is 1. The van der Waals surface area contributed by atoms with E-state index in [1.807, 2.05) is 43.3 Å². The molecule has 20 heavy (non-hydrogen) atoms. The van der Waals surface area contributed by atoms with Crippen molar-refractivity contribution in [2.75, 3.05) is 11.9 Å². The standard InChI is InChI=1S/C15H14BrCl2NO/c1-2-20-12-5-3-4-10(6-12)9-19-15-13(17)7-11(16)8-14(15)18/h3-8,19H,2,9H2,1H3. The summed E-state index contributed by atoms with van der Waals surface area (Å²) >= 11 is 15.7. The summed E-state index contributed by atoms with van der Waals surface area (Å²) in [7, 11) is 0. The van der Waals surface area contributed by atoms with Gasteiger partial charge in [-0.1, -0.05) is 51.3 Å². The molecule has 106 valence electrons. The molecule has 0 aliphatic heterocycles. The summed E-state index contributed by atoms with van der Waals surface area (Å²) in [6.07, 6.45) is 0. The van der Waals surface area contributed by atoms with Gasteiger partial charge in [0, 0.05) is 11.0 Å². The van der Waals surface area contributed by atoms with E-state index in [2.05, 4.69) is 21.2 Å². The van der Waals surface area contributed by atoms with Crippen molar-refractivity contribution in [3.8, 4) is 5.75 Å². The van der Waals surface area contributed by atoms with Gasteiger partial charge in [-0.3, -0.25) is 0 Å². The Bertz CT molecular complexity index is 581. The van der Waals surface area contributed by atoms with Gasteiger partial charge in [-0.25, -0.2) is 0 Å². The second-order valence-electron chi connectivity index (χ2n) is 4.18. The molecular formula is C15H14BrCl2NO. The van der Waals surface area contributed by atoms with Gasteiger partial charge < -0.3 is 10.1 Å². The van der Waals surface area contributed by atoms with Crippen LogP contribution in [0.3, 0.4) is 0 Å². The monoisotopic (exact) mass is 373 g/mol. The number of benzene rings is 2. The molecule has 0 saturated heterocycles. The Kier molecular flexibility index (Phi) is 5.58. The molecule has 0 aromatic heterocycles. The van der Waals surface area contributed by atoms with Gasteiger partial charge in [-0.05, 0) is 36.8 Å². The van der Waals surface area contributed by atoms with Crippen LogP contribution in [0.2, 0.25) is 10.0 Å². The average molecular weight is 375 g/mol. The highest BCUT2D eigenvalue weighted by molar-refractivity contribution is 9.10. The van der Waals surface area contributed by atoms with Gasteiger partial charge in [0.05, 0.1) is 22.3 Å². The SMILES string of the molecule is CCOc1cccc(CNc2c(Cl)cc(Br)cc2Cl)c1. The molecule has 2 aromatic carbocycles. The molecule has 0 aliphatic carbocycles. The van der Waals surface area contributed by atoms with Gasteiger partial charge in [0.2, 0.25) is 0 Å². The number of ether oxygens (including phenoxy) is 1. The fourth-order valence-electron chi connectivity index (χ4n) is 1.81. The third-order valence-corrected chi connectivity index (χ3v) is 3.74. The fraction of sp³-hybridized carbons (Fsp3) is 0.200. The summed E-state index contributed by atoms with van der Waals surface area (Å²) in [4.78, 5) is 0. The van der Waals surface area contributed by atoms with E-state index in [1.165, 1.54) is 0 Å². The van der Waals surface area contributed by atoms with Crippen LogP contribution in [0, 0.1) is 0 Å². The zero-order valence-electron chi connectivity index (χ0n) is 10.9. The molecule has 0 radical (unpaired) electrons. The van der Waals surface area contributed by atoms with Gasteiger partial charge in [0.15, 0.2) is 0 Å². The van der Waals surface area contributed by atoms with Crippen LogP contribution in [-0.2, 0) is 6.54 Å². The van der Waals surface area contributed by atoms with Gasteiger partial charge in [0.1, 0.15) is 5.75 Å². The van der Waals surface area contributed by atoms with Crippen molar-refractivity contribution < 1.29 is 4.74 Å².